The molecular formula is C17H32N2O3. The Bertz CT molecular complexity index is 422. The molecule has 0 aromatic heterocycles. The van der Waals surface area contributed by atoms with Crippen LogP contribution in [0.4, 0.5) is 0 Å². The van der Waals surface area contributed by atoms with Gasteiger partial charge in [-0.05, 0) is 25.2 Å². The molecule has 0 saturated heterocycles. The van der Waals surface area contributed by atoms with Gasteiger partial charge in [-0.2, -0.15) is 0 Å². The predicted molar refractivity (Wildman–Crippen MR) is 89.2 cm³/mol. The molecule has 0 aliphatic heterocycles. The largest absolute Gasteiger partial charge is 0.463 e. The lowest BCUT2D eigenvalue weighted by atomic mass is 9.86. The summed E-state index contributed by atoms with van der Waals surface area (Å²) in [7, 11) is 1.73. The van der Waals surface area contributed by atoms with Crippen molar-refractivity contribution in [2.24, 2.45) is 17.1 Å². The number of rotatable bonds is 6. The summed E-state index contributed by atoms with van der Waals surface area (Å²) in [6.07, 6.45) is 1.79. The lowest BCUT2D eigenvalue weighted by molar-refractivity contribution is -0.139. The highest BCUT2D eigenvalue weighted by atomic mass is 16.5. The SMILES string of the molecule is CCOC(=O)/C(C)=C\[C@H](C(C)C)N(C)C(=O)C(N)C(C)(C)C. The van der Waals surface area contributed by atoms with E-state index in [0.29, 0.717) is 12.2 Å². The first kappa shape index (κ1) is 20.6. The maximum atomic E-state index is 12.6. The van der Waals surface area contributed by atoms with E-state index in [1.54, 1.807) is 31.9 Å². The Morgan fingerprint density at radius 2 is 1.77 bits per heavy atom. The zero-order valence-corrected chi connectivity index (χ0v) is 15.3. The highest BCUT2D eigenvalue weighted by Crippen LogP contribution is 2.22. The molecule has 0 rings (SSSR count). The van der Waals surface area contributed by atoms with Crippen LogP contribution in [0.3, 0.4) is 0 Å². The van der Waals surface area contributed by atoms with E-state index in [-0.39, 0.29) is 29.3 Å². The molecule has 1 amide bonds. The van der Waals surface area contributed by atoms with Crippen molar-refractivity contribution < 1.29 is 14.3 Å². The molecule has 0 spiro atoms. The van der Waals surface area contributed by atoms with Crippen molar-refractivity contribution >= 4 is 11.9 Å². The summed E-state index contributed by atoms with van der Waals surface area (Å²) in [5.74, 6) is -0.321. The standard InChI is InChI=1S/C17H32N2O3/c1-9-22-16(21)12(4)10-13(11(2)3)19(8)15(20)14(18)17(5,6)7/h10-11,13-14H,9,18H2,1-8H3/b12-10-/t13-,14?/m1/s1. The molecule has 2 N–H and O–H groups in total. The van der Waals surface area contributed by atoms with Gasteiger partial charge < -0.3 is 15.4 Å². The number of ether oxygens (including phenoxy) is 1. The van der Waals surface area contributed by atoms with Crippen molar-refractivity contribution in [3.8, 4) is 0 Å². The second-order valence-corrected chi connectivity index (χ2v) is 7.10. The van der Waals surface area contributed by atoms with E-state index in [9.17, 15) is 9.59 Å². The minimum absolute atomic E-state index is 0.126. The Balaban J connectivity index is 5.30. The van der Waals surface area contributed by atoms with Gasteiger partial charge in [0, 0.05) is 12.6 Å². The predicted octanol–water partition coefficient (Wildman–Crippen LogP) is 2.35. The number of hydrogen-bond donors (Lipinski definition) is 1. The second kappa shape index (κ2) is 8.32. The van der Waals surface area contributed by atoms with E-state index in [1.165, 1.54) is 0 Å². The lowest BCUT2D eigenvalue weighted by Crippen LogP contribution is -2.52. The summed E-state index contributed by atoms with van der Waals surface area (Å²) in [4.78, 5) is 26.0. The molecule has 2 atom stereocenters. The summed E-state index contributed by atoms with van der Waals surface area (Å²) in [6.45, 7) is 13.6. The van der Waals surface area contributed by atoms with Crippen LogP contribution in [-0.2, 0) is 14.3 Å². The van der Waals surface area contributed by atoms with Crippen LogP contribution in [0.5, 0.6) is 0 Å². The maximum Gasteiger partial charge on any atom is 0.333 e. The van der Waals surface area contributed by atoms with Crippen molar-refractivity contribution in [2.45, 2.75) is 60.5 Å². The number of nitrogens with zero attached hydrogens (tertiary/aromatic N) is 1. The highest BCUT2D eigenvalue weighted by Gasteiger charge is 2.33. The molecule has 1 unspecified atom stereocenters. The first-order chi connectivity index (χ1) is 9.93. The molecular weight excluding hydrogens is 280 g/mol. The van der Waals surface area contributed by atoms with Crippen molar-refractivity contribution in [1.29, 1.82) is 0 Å². The molecule has 0 aromatic carbocycles. The third-order valence-electron chi connectivity index (χ3n) is 3.70. The van der Waals surface area contributed by atoms with Gasteiger partial charge in [-0.25, -0.2) is 4.79 Å². The van der Waals surface area contributed by atoms with Crippen molar-refractivity contribution in [3.63, 3.8) is 0 Å². The summed E-state index contributed by atoms with van der Waals surface area (Å²) in [5, 5.41) is 0. The van der Waals surface area contributed by atoms with Crippen molar-refractivity contribution in [3.05, 3.63) is 11.6 Å². The molecule has 0 radical (unpaired) electrons. The Morgan fingerprint density at radius 1 is 1.27 bits per heavy atom. The molecule has 0 aliphatic rings. The van der Waals surface area contributed by atoms with E-state index >= 15 is 0 Å². The Hall–Kier alpha value is -1.36. The van der Waals surface area contributed by atoms with Gasteiger partial charge in [0.05, 0.1) is 18.7 Å². The van der Waals surface area contributed by atoms with Crippen LogP contribution in [0.25, 0.3) is 0 Å². The van der Waals surface area contributed by atoms with Gasteiger partial charge in [0.1, 0.15) is 0 Å². The molecule has 128 valence electrons. The van der Waals surface area contributed by atoms with Gasteiger partial charge in [0.15, 0.2) is 0 Å². The average Bonchev–Trinajstić information content (AvgIpc) is 2.40. The van der Waals surface area contributed by atoms with Crippen molar-refractivity contribution in [2.75, 3.05) is 13.7 Å². The number of nitrogens with two attached hydrogens (primary N) is 1. The fraction of sp³-hybridized carbons (Fsp3) is 0.765. The Morgan fingerprint density at radius 3 is 2.14 bits per heavy atom. The fourth-order valence-corrected chi connectivity index (χ4v) is 2.06. The van der Waals surface area contributed by atoms with Crippen LogP contribution >= 0.6 is 0 Å². The maximum absolute atomic E-state index is 12.6. The minimum atomic E-state index is -0.588. The van der Waals surface area contributed by atoms with Crippen molar-refractivity contribution in [1.82, 2.24) is 4.90 Å². The number of hydrogen-bond acceptors (Lipinski definition) is 4. The number of carbonyl (C=O) groups excluding carboxylic acids is 2. The van der Waals surface area contributed by atoms with Gasteiger partial charge in [0.25, 0.3) is 0 Å². The monoisotopic (exact) mass is 312 g/mol. The first-order valence-electron chi connectivity index (χ1n) is 7.81. The quantitative estimate of drug-likeness (QED) is 0.603. The summed E-state index contributed by atoms with van der Waals surface area (Å²) in [5.41, 5.74) is 6.26. The smallest absolute Gasteiger partial charge is 0.333 e. The minimum Gasteiger partial charge on any atom is -0.463 e. The number of esters is 1. The molecule has 0 heterocycles. The molecule has 5 nitrogen and oxygen atoms in total. The Labute approximate surface area is 134 Å². The third-order valence-corrected chi connectivity index (χ3v) is 3.70. The summed E-state index contributed by atoms with van der Waals surface area (Å²) < 4.78 is 4.99. The van der Waals surface area contributed by atoms with Gasteiger partial charge in [-0.15, -0.1) is 0 Å². The topological polar surface area (TPSA) is 72.6 Å². The Kier molecular flexibility index (Phi) is 7.81. The fourth-order valence-electron chi connectivity index (χ4n) is 2.06. The summed E-state index contributed by atoms with van der Waals surface area (Å²) in [6, 6.07) is -0.791. The third kappa shape index (κ3) is 5.79. The molecule has 5 heteroatoms. The number of likely N-dealkylation sites (N-methyl/N-ethyl adjacent to an activating group) is 1. The first-order valence-corrected chi connectivity index (χ1v) is 7.81. The zero-order valence-electron chi connectivity index (χ0n) is 15.3. The lowest BCUT2D eigenvalue weighted by Gasteiger charge is -2.35. The van der Waals surface area contributed by atoms with Gasteiger partial charge in [-0.3, -0.25) is 4.79 Å². The van der Waals surface area contributed by atoms with E-state index in [2.05, 4.69) is 0 Å². The second-order valence-electron chi connectivity index (χ2n) is 7.10. The molecule has 22 heavy (non-hydrogen) atoms. The molecule has 0 fully saturated rings. The van der Waals surface area contributed by atoms with Crippen LogP contribution in [0.15, 0.2) is 11.6 Å². The number of carbonyl (C=O) groups is 2. The van der Waals surface area contributed by atoms with E-state index in [0.717, 1.165) is 0 Å². The van der Waals surface area contributed by atoms with Crippen LogP contribution in [0, 0.1) is 11.3 Å². The van der Waals surface area contributed by atoms with Gasteiger partial charge >= 0.3 is 5.97 Å². The summed E-state index contributed by atoms with van der Waals surface area (Å²) >= 11 is 0. The molecule has 0 bridgehead atoms. The van der Waals surface area contributed by atoms with Crippen LogP contribution in [0.2, 0.25) is 0 Å². The van der Waals surface area contributed by atoms with Crippen LogP contribution in [-0.4, -0.2) is 42.5 Å². The molecule has 0 aromatic rings. The highest BCUT2D eigenvalue weighted by molar-refractivity contribution is 5.88. The van der Waals surface area contributed by atoms with E-state index in [1.807, 2.05) is 34.6 Å². The van der Waals surface area contributed by atoms with E-state index < -0.39 is 6.04 Å². The molecule has 0 aliphatic carbocycles. The van der Waals surface area contributed by atoms with Gasteiger partial charge in [-0.1, -0.05) is 40.7 Å². The van der Waals surface area contributed by atoms with Crippen LogP contribution < -0.4 is 5.73 Å². The van der Waals surface area contributed by atoms with Gasteiger partial charge in [0.2, 0.25) is 5.91 Å². The van der Waals surface area contributed by atoms with E-state index in [4.69, 9.17) is 10.5 Å². The number of amides is 1. The average molecular weight is 312 g/mol. The van der Waals surface area contributed by atoms with Crippen LogP contribution in [0.1, 0.15) is 48.5 Å². The zero-order chi connectivity index (χ0) is 17.7. The normalized spacial score (nSPS) is 15.5. The molecule has 0 saturated carbocycles.